The molecule has 2 heterocycles. The minimum atomic E-state index is -0.539. The molecule has 6 nitrogen and oxygen atoms in total. The van der Waals surface area contributed by atoms with Crippen LogP contribution in [0.2, 0.25) is 5.02 Å². The normalized spacial score (nSPS) is 14.6. The number of nitrogens with zero attached hydrogens (tertiary/aromatic N) is 2. The predicted octanol–water partition coefficient (Wildman–Crippen LogP) is 3.23. The van der Waals surface area contributed by atoms with Crippen LogP contribution in [0.25, 0.3) is 15.9 Å². The Bertz CT molecular complexity index is 1170. The molecule has 8 heteroatoms. The van der Waals surface area contributed by atoms with E-state index < -0.39 is 11.2 Å². The average molecular weight is 418 g/mol. The molecule has 3 aromatic rings. The van der Waals surface area contributed by atoms with Crippen LogP contribution < -0.4 is 16.6 Å². The zero-order valence-electron chi connectivity index (χ0n) is 15.4. The second-order valence-corrected chi connectivity index (χ2v) is 8.79. The number of halogens is 1. The Hall–Kier alpha value is -2.38. The lowest BCUT2D eigenvalue weighted by Crippen LogP contribution is -2.42. The molecule has 0 atom stereocenters. The fraction of sp³-hybridized carbons (Fsp3) is 0.350. The van der Waals surface area contributed by atoms with Crippen molar-refractivity contribution in [2.45, 2.75) is 45.2 Å². The summed E-state index contributed by atoms with van der Waals surface area (Å²) >= 11 is 7.40. The number of amides is 1. The van der Waals surface area contributed by atoms with Gasteiger partial charge in [0.2, 0.25) is 5.91 Å². The highest BCUT2D eigenvalue weighted by Gasteiger charge is 2.21. The fourth-order valence-corrected chi connectivity index (χ4v) is 4.92. The second-order valence-electron chi connectivity index (χ2n) is 7.11. The van der Waals surface area contributed by atoms with Crippen molar-refractivity contribution < 1.29 is 4.79 Å². The Morgan fingerprint density at radius 2 is 2.00 bits per heavy atom. The molecule has 0 bridgehead atoms. The first kappa shape index (κ1) is 19.0. The summed E-state index contributed by atoms with van der Waals surface area (Å²) in [4.78, 5) is 40.2. The lowest BCUT2D eigenvalue weighted by molar-refractivity contribution is -0.122. The SMILES string of the molecule is Cc1cc2c(=O)n(-c3cccc(Cl)c3)c(=O)n(CC(=O)NC3CCCC3)c2s1. The Morgan fingerprint density at radius 3 is 2.71 bits per heavy atom. The van der Waals surface area contributed by atoms with Gasteiger partial charge in [-0.3, -0.25) is 14.2 Å². The average Bonchev–Trinajstić information content (AvgIpc) is 3.28. The maximum atomic E-state index is 13.2. The Labute approximate surface area is 170 Å². The van der Waals surface area contributed by atoms with Gasteiger partial charge in [-0.05, 0) is 44.0 Å². The molecule has 4 rings (SSSR count). The summed E-state index contributed by atoms with van der Waals surface area (Å²) < 4.78 is 2.48. The molecule has 1 aliphatic carbocycles. The summed E-state index contributed by atoms with van der Waals surface area (Å²) in [5.41, 5.74) is -0.555. The molecule has 0 unspecified atom stereocenters. The number of aromatic nitrogens is 2. The van der Waals surface area contributed by atoms with E-state index in [1.54, 1.807) is 30.3 Å². The molecule has 2 aromatic heterocycles. The number of nitrogens with one attached hydrogen (secondary N) is 1. The molecule has 28 heavy (non-hydrogen) atoms. The molecule has 0 saturated heterocycles. The van der Waals surface area contributed by atoms with Crippen LogP contribution in [0.1, 0.15) is 30.6 Å². The van der Waals surface area contributed by atoms with Gasteiger partial charge in [-0.2, -0.15) is 0 Å². The molecule has 0 spiro atoms. The van der Waals surface area contributed by atoms with Crippen molar-refractivity contribution >= 4 is 39.1 Å². The van der Waals surface area contributed by atoms with Gasteiger partial charge in [-0.25, -0.2) is 9.36 Å². The molecular weight excluding hydrogens is 398 g/mol. The molecule has 0 aliphatic heterocycles. The van der Waals surface area contributed by atoms with Crippen molar-refractivity contribution in [2.24, 2.45) is 0 Å². The van der Waals surface area contributed by atoms with Crippen LogP contribution in [0.5, 0.6) is 0 Å². The monoisotopic (exact) mass is 417 g/mol. The molecular formula is C20H20ClN3O3S. The maximum absolute atomic E-state index is 13.2. The molecule has 1 saturated carbocycles. The number of aryl methyl sites for hydroxylation is 1. The second kappa shape index (κ2) is 7.56. The van der Waals surface area contributed by atoms with Gasteiger partial charge in [0.25, 0.3) is 5.56 Å². The highest BCUT2D eigenvalue weighted by molar-refractivity contribution is 7.18. The minimum absolute atomic E-state index is 0.118. The molecule has 1 fully saturated rings. The van der Waals surface area contributed by atoms with Crippen molar-refractivity contribution in [1.29, 1.82) is 0 Å². The van der Waals surface area contributed by atoms with Crippen LogP contribution in [0.3, 0.4) is 0 Å². The molecule has 1 N–H and O–H groups in total. The standard InChI is InChI=1S/C20H20ClN3O3S/c1-12-9-16-18(26)24(15-8-4-5-13(21)10-15)20(27)23(19(16)28-12)11-17(25)22-14-6-2-3-7-14/h4-5,8-10,14H,2-3,6-7,11H2,1H3,(H,22,25). The van der Waals surface area contributed by atoms with E-state index >= 15 is 0 Å². The number of rotatable bonds is 4. The Kier molecular flexibility index (Phi) is 5.12. The van der Waals surface area contributed by atoms with E-state index in [4.69, 9.17) is 11.6 Å². The van der Waals surface area contributed by atoms with Crippen LogP contribution in [0.4, 0.5) is 0 Å². The first-order chi connectivity index (χ1) is 13.4. The summed E-state index contributed by atoms with van der Waals surface area (Å²) in [6.07, 6.45) is 4.16. The lowest BCUT2D eigenvalue weighted by atomic mass is 10.2. The zero-order valence-corrected chi connectivity index (χ0v) is 17.0. The Morgan fingerprint density at radius 1 is 1.25 bits per heavy atom. The van der Waals surface area contributed by atoms with Crippen LogP contribution in [-0.4, -0.2) is 21.1 Å². The van der Waals surface area contributed by atoms with E-state index in [1.807, 2.05) is 6.92 Å². The van der Waals surface area contributed by atoms with Crippen molar-refractivity contribution in [3.05, 3.63) is 61.1 Å². The maximum Gasteiger partial charge on any atom is 0.337 e. The third kappa shape index (κ3) is 3.52. The van der Waals surface area contributed by atoms with Crippen molar-refractivity contribution in [2.75, 3.05) is 0 Å². The van der Waals surface area contributed by atoms with Crippen molar-refractivity contribution in [3.8, 4) is 5.69 Å². The van der Waals surface area contributed by atoms with Gasteiger partial charge in [-0.15, -0.1) is 11.3 Å². The third-order valence-electron chi connectivity index (χ3n) is 5.02. The lowest BCUT2D eigenvalue weighted by Gasteiger charge is -2.15. The first-order valence-electron chi connectivity index (χ1n) is 9.25. The van der Waals surface area contributed by atoms with E-state index in [-0.39, 0.29) is 18.5 Å². The molecule has 1 amide bonds. The minimum Gasteiger partial charge on any atom is -0.352 e. The van der Waals surface area contributed by atoms with Gasteiger partial charge < -0.3 is 5.32 Å². The van der Waals surface area contributed by atoms with Crippen LogP contribution >= 0.6 is 22.9 Å². The van der Waals surface area contributed by atoms with Gasteiger partial charge >= 0.3 is 5.69 Å². The smallest absolute Gasteiger partial charge is 0.337 e. The quantitative estimate of drug-likeness (QED) is 0.708. The summed E-state index contributed by atoms with van der Waals surface area (Å²) in [7, 11) is 0. The van der Waals surface area contributed by atoms with E-state index in [0.29, 0.717) is 20.9 Å². The number of fused-ring (bicyclic) bond motifs is 1. The zero-order chi connectivity index (χ0) is 19.8. The molecule has 1 aromatic carbocycles. The summed E-state index contributed by atoms with van der Waals surface area (Å²) in [5.74, 6) is -0.211. The van der Waals surface area contributed by atoms with E-state index in [2.05, 4.69) is 5.32 Å². The largest absolute Gasteiger partial charge is 0.352 e. The number of hydrogen-bond acceptors (Lipinski definition) is 4. The van der Waals surface area contributed by atoms with Crippen molar-refractivity contribution in [1.82, 2.24) is 14.5 Å². The van der Waals surface area contributed by atoms with Gasteiger partial charge in [0.1, 0.15) is 11.4 Å². The Balaban J connectivity index is 1.84. The third-order valence-corrected chi connectivity index (χ3v) is 6.33. The highest BCUT2D eigenvalue weighted by atomic mass is 35.5. The molecule has 1 aliphatic rings. The fourth-order valence-electron chi connectivity index (χ4n) is 3.74. The number of hydrogen-bond donors (Lipinski definition) is 1. The van der Waals surface area contributed by atoms with E-state index in [9.17, 15) is 14.4 Å². The number of carbonyl (C=O) groups excluding carboxylic acids is 1. The number of thiophene rings is 1. The van der Waals surface area contributed by atoms with Crippen LogP contribution in [-0.2, 0) is 11.3 Å². The van der Waals surface area contributed by atoms with Gasteiger partial charge in [-0.1, -0.05) is 30.5 Å². The van der Waals surface area contributed by atoms with Gasteiger partial charge in [0, 0.05) is 15.9 Å². The van der Waals surface area contributed by atoms with Crippen LogP contribution in [0.15, 0.2) is 39.9 Å². The molecule has 146 valence electrons. The number of carbonyl (C=O) groups is 1. The molecule has 0 radical (unpaired) electrons. The van der Waals surface area contributed by atoms with Gasteiger partial charge in [0.05, 0.1) is 11.1 Å². The highest BCUT2D eigenvalue weighted by Crippen LogP contribution is 2.22. The number of benzene rings is 1. The van der Waals surface area contributed by atoms with E-state index in [1.165, 1.54) is 15.9 Å². The first-order valence-corrected chi connectivity index (χ1v) is 10.4. The summed E-state index contributed by atoms with van der Waals surface area (Å²) in [6, 6.07) is 8.51. The predicted molar refractivity (Wildman–Crippen MR) is 112 cm³/mol. The van der Waals surface area contributed by atoms with Crippen molar-refractivity contribution in [3.63, 3.8) is 0 Å². The van der Waals surface area contributed by atoms with E-state index in [0.717, 1.165) is 35.1 Å². The summed E-state index contributed by atoms with van der Waals surface area (Å²) in [5, 5.41) is 3.86. The topological polar surface area (TPSA) is 73.1 Å². The van der Waals surface area contributed by atoms with Crippen LogP contribution in [0, 0.1) is 6.92 Å². The van der Waals surface area contributed by atoms with Gasteiger partial charge in [0.15, 0.2) is 0 Å². The summed E-state index contributed by atoms with van der Waals surface area (Å²) in [6.45, 7) is 1.76.